The molecule has 0 saturated carbocycles. The van der Waals surface area contributed by atoms with Crippen molar-refractivity contribution in [3.8, 4) is 0 Å². The largest absolute Gasteiger partial charge is 0.392 e. The van der Waals surface area contributed by atoms with Crippen molar-refractivity contribution in [3.63, 3.8) is 0 Å². The van der Waals surface area contributed by atoms with Crippen LogP contribution in [0, 0.1) is 5.92 Å². The summed E-state index contributed by atoms with van der Waals surface area (Å²) < 4.78 is 0. The van der Waals surface area contributed by atoms with Crippen LogP contribution in [0.4, 0.5) is 0 Å². The molecule has 2 atom stereocenters. The standard InChI is InChI=1S/C11H23NO/c1-9(2)5-3-7-11(13)10-6-4-8-12-10/h9-13H,3-8H2,1-2H3. The third-order valence-corrected chi connectivity index (χ3v) is 2.84. The minimum absolute atomic E-state index is 0.110. The summed E-state index contributed by atoms with van der Waals surface area (Å²) in [4.78, 5) is 0. The molecular formula is C11H23NO. The summed E-state index contributed by atoms with van der Waals surface area (Å²) >= 11 is 0. The molecule has 0 aromatic carbocycles. The Labute approximate surface area is 81.7 Å². The summed E-state index contributed by atoms with van der Waals surface area (Å²) in [5.74, 6) is 0.767. The Hall–Kier alpha value is -0.0800. The zero-order chi connectivity index (χ0) is 9.68. The Morgan fingerprint density at radius 3 is 2.69 bits per heavy atom. The van der Waals surface area contributed by atoms with Crippen LogP contribution < -0.4 is 5.32 Å². The third kappa shape index (κ3) is 4.10. The molecule has 78 valence electrons. The van der Waals surface area contributed by atoms with Crippen molar-refractivity contribution in [2.45, 2.75) is 58.1 Å². The van der Waals surface area contributed by atoms with Crippen LogP contribution >= 0.6 is 0 Å². The molecule has 1 aliphatic heterocycles. The highest BCUT2D eigenvalue weighted by Crippen LogP contribution is 2.15. The summed E-state index contributed by atoms with van der Waals surface area (Å²) in [5, 5.41) is 13.1. The number of hydrogen-bond donors (Lipinski definition) is 2. The van der Waals surface area contributed by atoms with Gasteiger partial charge in [0.1, 0.15) is 0 Å². The molecule has 0 aliphatic carbocycles. The molecule has 2 nitrogen and oxygen atoms in total. The van der Waals surface area contributed by atoms with Gasteiger partial charge in [0.15, 0.2) is 0 Å². The van der Waals surface area contributed by atoms with E-state index < -0.39 is 0 Å². The lowest BCUT2D eigenvalue weighted by molar-refractivity contribution is 0.122. The first-order valence-electron chi connectivity index (χ1n) is 5.61. The van der Waals surface area contributed by atoms with Crippen LogP contribution in [0.3, 0.4) is 0 Å². The zero-order valence-electron chi connectivity index (χ0n) is 8.92. The third-order valence-electron chi connectivity index (χ3n) is 2.84. The predicted octanol–water partition coefficient (Wildman–Crippen LogP) is 1.93. The van der Waals surface area contributed by atoms with Gasteiger partial charge in [-0.15, -0.1) is 0 Å². The van der Waals surface area contributed by atoms with Crippen molar-refractivity contribution in [2.24, 2.45) is 5.92 Å². The van der Waals surface area contributed by atoms with Gasteiger partial charge in [-0.05, 0) is 31.7 Å². The van der Waals surface area contributed by atoms with E-state index in [1.807, 2.05) is 0 Å². The van der Waals surface area contributed by atoms with Crippen molar-refractivity contribution in [2.75, 3.05) is 6.54 Å². The zero-order valence-corrected chi connectivity index (χ0v) is 8.92. The lowest BCUT2D eigenvalue weighted by Crippen LogP contribution is -2.34. The molecule has 1 aliphatic rings. The molecule has 1 saturated heterocycles. The van der Waals surface area contributed by atoms with Gasteiger partial charge >= 0.3 is 0 Å². The number of aliphatic hydroxyl groups is 1. The number of rotatable bonds is 5. The van der Waals surface area contributed by atoms with E-state index in [0.29, 0.717) is 6.04 Å². The molecule has 0 aromatic rings. The van der Waals surface area contributed by atoms with Gasteiger partial charge in [-0.3, -0.25) is 0 Å². The Kier molecular flexibility index (Phi) is 4.74. The van der Waals surface area contributed by atoms with Crippen molar-refractivity contribution in [1.82, 2.24) is 5.32 Å². The van der Waals surface area contributed by atoms with Gasteiger partial charge in [-0.25, -0.2) is 0 Å². The molecule has 1 rings (SSSR count). The van der Waals surface area contributed by atoms with E-state index >= 15 is 0 Å². The van der Waals surface area contributed by atoms with Crippen molar-refractivity contribution >= 4 is 0 Å². The molecule has 2 unspecified atom stereocenters. The van der Waals surface area contributed by atoms with Gasteiger partial charge in [0, 0.05) is 6.04 Å². The average molecular weight is 185 g/mol. The molecule has 1 heterocycles. The van der Waals surface area contributed by atoms with Crippen LogP contribution in [0.5, 0.6) is 0 Å². The first-order chi connectivity index (χ1) is 6.20. The fraction of sp³-hybridized carbons (Fsp3) is 1.00. The van der Waals surface area contributed by atoms with Crippen molar-refractivity contribution in [1.29, 1.82) is 0 Å². The van der Waals surface area contributed by atoms with Gasteiger partial charge in [-0.2, -0.15) is 0 Å². The average Bonchev–Trinajstić information content (AvgIpc) is 2.55. The van der Waals surface area contributed by atoms with Crippen LogP contribution in [-0.4, -0.2) is 23.8 Å². The minimum Gasteiger partial charge on any atom is -0.392 e. The fourth-order valence-corrected chi connectivity index (χ4v) is 1.98. The van der Waals surface area contributed by atoms with E-state index in [9.17, 15) is 5.11 Å². The maximum atomic E-state index is 9.80. The Morgan fingerprint density at radius 2 is 2.15 bits per heavy atom. The Morgan fingerprint density at radius 1 is 1.38 bits per heavy atom. The molecule has 0 bridgehead atoms. The summed E-state index contributed by atoms with van der Waals surface area (Å²) in [6.07, 6.45) is 5.65. The second kappa shape index (κ2) is 5.61. The van der Waals surface area contributed by atoms with E-state index in [1.165, 1.54) is 12.8 Å². The SMILES string of the molecule is CC(C)CCCC(O)C1CCCN1. The quantitative estimate of drug-likeness (QED) is 0.686. The van der Waals surface area contributed by atoms with Crippen LogP contribution in [0.25, 0.3) is 0 Å². The highest BCUT2D eigenvalue weighted by Gasteiger charge is 2.21. The van der Waals surface area contributed by atoms with Gasteiger partial charge in [0.05, 0.1) is 6.10 Å². The normalized spacial score (nSPS) is 25.4. The van der Waals surface area contributed by atoms with Gasteiger partial charge in [0.2, 0.25) is 0 Å². The molecule has 2 N–H and O–H groups in total. The summed E-state index contributed by atoms with van der Waals surface area (Å²) in [6, 6.07) is 0.382. The fourth-order valence-electron chi connectivity index (χ4n) is 1.98. The van der Waals surface area contributed by atoms with Crippen molar-refractivity contribution in [3.05, 3.63) is 0 Å². The highest BCUT2D eigenvalue weighted by atomic mass is 16.3. The van der Waals surface area contributed by atoms with Crippen molar-refractivity contribution < 1.29 is 5.11 Å². The molecular weight excluding hydrogens is 162 g/mol. The molecule has 0 aromatic heterocycles. The molecule has 0 radical (unpaired) electrons. The van der Waals surface area contributed by atoms with Crippen LogP contribution in [-0.2, 0) is 0 Å². The van der Waals surface area contributed by atoms with Crippen LogP contribution in [0.15, 0.2) is 0 Å². The second-order valence-electron chi connectivity index (χ2n) is 4.59. The maximum absolute atomic E-state index is 9.80. The summed E-state index contributed by atoms with van der Waals surface area (Å²) in [6.45, 7) is 5.56. The monoisotopic (exact) mass is 185 g/mol. The molecule has 0 spiro atoms. The maximum Gasteiger partial charge on any atom is 0.0693 e. The first kappa shape index (κ1) is 11.0. The van der Waals surface area contributed by atoms with E-state index in [4.69, 9.17) is 0 Å². The lowest BCUT2D eigenvalue weighted by atomic mass is 10.00. The lowest BCUT2D eigenvalue weighted by Gasteiger charge is -2.18. The predicted molar refractivity (Wildman–Crippen MR) is 55.7 cm³/mol. The molecule has 2 heteroatoms. The van der Waals surface area contributed by atoms with Gasteiger partial charge in [0.25, 0.3) is 0 Å². The first-order valence-corrected chi connectivity index (χ1v) is 5.61. The van der Waals surface area contributed by atoms with Gasteiger partial charge < -0.3 is 10.4 Å². The minimum atomic E-state index is -0.110. The van der Waals surface area contributed by atoms with Crippen LogP contribution in [0.1, 0.15) is 46.0 Å². The van der Waals surface area contributed by atoms with Gasteiger partial charge in [-0.1, -0.05) is 26.7 Å². The molecule has 0 amide bonds. The second-order valence-corrected chi connectivity index (χ2v) is 4.59. The Bertz CT molecular complexity index is 130. The number of nitrogens with one attached hydrogen (secondary N) is 1. The van der Waals surface area contributed by atoms with E-state index in [2.05, 4.69) is 19.2 Å². The van der Waals surface area contributed by atoms with E-state index in [-0.39, 0.29) is 6.10 Å². The topological polar surface area (TPSA) is 32.3 Å². The number of hydrogen-bond acceptors (Lipinski definition) is 2. The summed E-state index contributed by atoms with van der Waals surface area (Å²) in [7, 11) is 0. The smallest absolute Gasteiger partial charge is 0.0693 e. The number of aliphatic hydroxyl groups excluding tert-OH is 1. The Balaban J connectivity index is 2.06. The van der Waals surface area contributed by atoms with Crippen LogP contribution in [0.2, 0.25) is 0 Å². The highest BCUT2D eigenvalue weighted by molar-refractivity contribution is 4.80. The van der Waals surface area contributed by atoms with E-state index in [1.54, 1.807) is 0 Å². The summed E-state index contributed by atoms with van der Waals surface area (Å²) in [5.41, 5.74) is 0. The van der Waals surface area contributed by atoms with E-state index in [0.717, 1.165) is 31.7 Å². The molecule has 1 fully saturated rings. The molecule has 13 heavy (non-hydrogen) atoms.